The van der Waals surface area contributed by atoms with Gasteiger partial charge in [0.2, 0.25) is 0 Å². The van der Waals surface area contributed by atoms with Gasteiger partial charge in [0, 0.05) is 25.5 Å². The van der Waals surface area contributed by atoms with Crippen LogP contribution in [0, 0.1) is 0 Å². The van der Waals surface area contributed by atoms with Crippen LogP contribution in [0.1, 0.15) is 0 Å². The first-order valence-electron chi connectivity index (χ1n) is 4.69. The summed E-state index contributed by atoms with van der Waals surface area (Å²) in [4.78, 5) is 26.2. The molecular weight excluding hydrogens is 214 g/mol. The quantitative estimate of drug-likeness (QED) is 0.643. The van der Waals surface area contributed by atoms with E-state index in [0.717, 1.165) is 0 Å². The summed E-state index contributed by atoms with van der Waals surface area (Å²) in [5.41, 5.74) is 0. The van der Waals surface area contributed by atoms with Crippen LogP contribution in [-0.2, 0) is 16.1 Å². The Morgan fingerprint density at radius 1 is 1.25 bits per heavy atom. The molecule has 16 heavy (non-hydrogen) atoms. The molecule has 0 aromatic carbocycles. The molecule has 0 radical (unpaired) electrons. The van der Waals surface area contributed by atoms with E-state index in [2.05, 4.69) is 4.98 Å². The summed E-state index contributed by atoms with van der Waals surface area (Å²) in [7, 11) is 0. The van der Waals surface area contributed by atoms with E-state index in [1.807, 2.05) is 0 Å². The van der Waals surface area contributed by atoms with Crippen LogP contribution in [0.25, 0.3) is 0 Å². The average molecular weight is 227 g/mol. The number of imidazole rings is 1. The lowest BCUT2D eigenvalue weighted by molar-refractivity contribution is -0.141. The van der Waals surface area contributed by atoms with E-state index in [4.69, 9.17) is 10.2 Å². The lowest BCUT2D eigenvalue weighted by atomic mass is 10.4. The number of aliphatic carboxylic acids is 2. The Labute approximate surface area is 91.9 Å². The van der Waals surface area contributed by atoms with Gasteiger partial charge >= 0.3 is 11.9 Å². The minimum absolute atomic E-state index is 0.277. The van der Waals surface area contributed by atoms with Crippen molar-refractivity contribution in [3.05, 3.63) is 18.7 Å². The molecule has 0 aliphatic carbocycles. The lowest BCUT2D eigenvalue weighted by Crippen LogP contribution is -2.36. The summed E-state index contributed by atoms with van der Waals surface area (Å²) in [5, 5.41) is 17.2. The van der Waals surface area contributed by atoms with E-state index in [1.165, 1.54) is 4.90 Å². The van der Waals surface area contributed by atoms with Crippen molar-refractivity contribution >= 4 is 11.9 Å². The van der Waals surface area contributed by atoms with E-state index >= 15 is 0 Å². The standard InChI is InChI=1S/C9H13N3O4/c13-8(14)5-12(6-9(15)16)4-3-11-2-1-10-7-11/h1-2,7H,3-6H2,(H,13,14)(H,15,16). The number of hydrogen-bond donors (Lipinski definition) is 2. The van der Waals surface area contributed by atoms with Crippen molar-refractivity contribution in [3.63, 3.8) is 0 Å². The van der Waals surface area contributed by atoms with Crippen molar-refractivity contribution in [3.8, 4) is 0 Å². The summed E-state index contributed by atoms with van der Waals surface area (Å²) >= 11 is 0. The fourth-order valence-corrected chi connectivity index (χ4v) is 1.27. The number of aromatic nitrogens is 2. The number of hydrogen-bond acceptors (Lipinski definition) is 4. The SMILES string of the molecule is O=C(O)CN(CCn1ccnc1)CC(=O)O. The molecule has 0 saturated carbocycles. The molecule has 2 N–H and O–H groups in total. The smallest absolute Gasteiger partial charge is 0.317 e. The molecule has 1 aromatic heterocycles. The minimum atomic E-state index is -1.04. The number of rotatable bonds is 7. The Morgan fingerprint density at radius 2 is 1.88 bits per heavy atom. The first-order chi connectivity index (χ1) is 7.58. The highest BCUT2D eigenvalue weighted by Crippen LogP contribution is 1.92. The van der Waals surface area contributed by atoms with Crippen LogP contribution in [0.2, 0.25) is 0 Å². The van der Waals surface area contributed by atoms with Gasteiger partial charge in [-0.05, 0) is 0 Å². The van der Waals surface area contributed by atoms with E-state index in [9.17, 15) is 9.59 Å². The van der Waals surface area contributed by atoms with Crippen LogP contribution in [0.4, 0.5) is 0 Å². The molecule has 0 atom stereocenters. The second kappa shape index (κ2) is 5.86. The van der Waals surface area contributed by atoms with Crippen LogP contribution in [0.15, 0.2) is 18.7 Å². The molecule has 0 amide bonds. The molecule has 7 heteroatoms. The highest BCUT2D eigenvalue weighted by atomic mass is 16.4. The van der Waals surface area contributed by atoms with Crippen molar-refractivity contribution in [2.75, 3.05) is 19.6 Å². The van der Waals surface area contributed by atoms with Gasteiger partial charge in [-0.25, -0.2) is 4.98 Å². The van der Waals surface area contributed by atoms with Crippen molar-refractivity contribution in [1.29, 1.82) is 0 Å². The Balaban J connectivity index is 2.43. The number of carboxylic acid groups (broad SMARTS) is 2. The van der Waals surface area contributed by atoms with Crippen LogP contribution < -0.4 is 0 Å². The van der Waals surface area contributed by atoms with Gasteiger partial charge in [0.25, 0.3) is 0 Å². The van der Waals surface area contributed by atoms with Crippen molar-refractivity contribution < 1.29 is 19.8 Å². The summed E-state index contributed by atoms with van der Waals surface area (Å²) in [5.74, 6) is -2.07. The predicted molar refractivity (Wildman–Crippen MR) is 53.9 cm³/mol. The molecule has 0 fully saturated rings. The monoisotopic (exact) mass is 227 g/mol. The van der Waals surface area contributed by atoms with Crippen LogP contribution >= 0.6 is 0 Å². The Hall–Kier alpha value is -1.89. The number of carbonyl (C=O) groups is 2. The molecule has 0 saturated heterocycles. The fourth-order valence-electron chi connectivity index (χ4n) is 1.27. The number of carboxylic acids is 2. The zero-order valence-electron chi connectivity index (χ0n) is 8.61. The van der Waals surface area contributed by atoms with Gasteiger partial charge in [-0.1, -0.05) is 0 Å². The Bertz CT molecular complexity index is 334. The maximum Gasteiger partial charge on any atom is 0.317 e. The average Bonchev–Trinajstić information content (AvgIpc) is 2.64. The van der Waals surface area contributed by atoms with Crippen molar-refractivity contribution in [2.45, 2.75) is 6.54 Å². The van der Waals surface area contributed by atoms with E-state index in [-0.39, 0.29) is 13.1 Å². The van der Waals surface area contributed by atoms with Gasteiger partial charge in [-0.3, -0.25) is 14.5 Å². The second-order valence-corrected chi connectivity index (χ2v) is 3.30. The molecule has 0 bridgehead atoms. The molecule has 0 aliphatic heterocycles. The first-order valence-corrected chi connectivity index (χ1v) is 4.69. The van der Waals surface area contributed by atoms with Gasteiger partial charge in [0.1, 0.15) is 0 Å². The minimum Gasteiger partial charge on any atom is -0.480 e. The summed E-state index contributed by atoms with van der Waals surface area (Å²) in [6, 6.07) is 0. The van der Waals surface area contributed by atoms with Crippen molar-refractivity contribution in [1.82, 2.24) is 14.5 Å². The molecule has 0 unspecified atom stereocenters. The third kappa shape index (κ3) is 4.56. The molecule has 1 aromatic rings. The largest absolute Gasteiger partial charge is 0.480 e. The molecule has 0 spiro atoms. The first kappa shape index (κ1) is 12.2. The number of nitrogens with zero attached hydrogens (tertiary/aromatic N) is 3. The Kier molecular flexibility index (Phi) is 4.46. The van der Waals surface area contributed by atoms with E-state index in [0.29, 0.717) is 13.1 Å². The maximum absolute atomic E-state index is 10.5. The zero-order chi connectivity index (χ0) is 12.0. The topological polar surface area (TPSA) is 95.7 Å². The van der Waals surface area contributed by atoms with Crippen LogP contribution in [-0.4, -0.2) is 56.2 Å². The molecule has 7 nitrogen and oxygen atoms in total. The molecule has 1 rings (SSSR count). The predicted octanol–water partition coefficient (Wildman–Crippen LogP) is -0.646. The molecular formula is C9H13N3O4. The van der Waals surface area contributed by atoms with Crippen LogP contribution in [0.3, 0.4) is 0 Å². The third-order valence-corrected chi connectivity index (χ3v) is 1.95. The van der Waals surface area contributed by atoms with Crippen molar-refractivity contribution in [2.24, 2.45) is 0 Å². The maximum atomic E-state index is 10.5. The zero-order valence-corrected chi connectivity index (χ0v) is 8.61. The van der Waals surface area contributed by atoms with Crippen LogP contribution in [0.5, 0.6) is 0 Å². The normalized spacial score (nSPS) is 10.6. The summed E-state index contributed by atoms with van der Waals surface area (Å²) in [6.07, 6.45) is 4.94. The summed E-state index contributed by atoms with van der Waals surface area (Å²) < 4.78 is 1.76. The fraction of sp³-hybridized carbons (Fsp3) is 0.444. The summed E-state index contributed by atoms with van der Waals surface area (Å²) in [6.45, 7) is 0.317. The third-order valence-electron chi connectivity index (χ3n) is 1.95. The Morgan fingerprint density at radius 3 is 2.31 bits per heavy atom. The molecule has 88 valence electrons. The lowest BCUT2D eigenvalue weighted by Gasteiger charge is -2.17. The van der Waals surface area contributed by atoms with E-state index < -0.39 is 11.9 Å². The highest BCUT2D eigenvalue weighted by Gasteiger charge is 2.12. The molecule has 0 aliphatic rings. The van der Waals surface area contributed by atoms with Gasteiger partial charge < -0.3 is 14.8 Å². The molecule has 1 heterocycles. The second-order valence-electron chi connectivity index (χ2n) is 3.30. The highest BCUT2D eigenvalue weighted by molar-refractivity contribution is 5.72. The van der Waals surface area contributed by atoms with Gasteiger partial charge in [0.05, 0.1) is 19.4 Å². The van der Waals surface area contributed by atoms with Gasteiger partial charge in [-0.2, -0.15) is 0 Å². The van der Waals surface area contributed by atoms with E-state index in [1.54, 1.807) is 23.3 Å². The van der Waals surface area contributed by atoms with Gasteiger partial charge in [-0.15, -0.1) is 0 Å². The van der Waals surface area contributed by atoms with Gasteiger partial charge in [0.15, 0.2) is 0 Å².